The minimum absolute atomic E-state index is 0.146. The van der Waals surface area contributed by atoms with Crippen LogP contribution in [0.5, 0.6) is 0 Å². The van der Waals surface area contributed by atoms with E-state index in [4.69, 9.17) is 16.3 Å². The molecule has 140 valence electrons. The summed E-state index contributed by atoms with van der Waals surface area (Å²) in [5.74, 6) is 0. The number of hydrogen-bond acceptors (Lipinski definition) is 3. The lowest BCUT2D eigenvalue weighted by Gasteiger charge is -2.12. The lowest BCUT2D eigenvalue weighted by atomic mass is 10.1. The van der Waals surface area contributed by atoms with Crippen molar-refractivity contribution in [2.75, 3.05) is 0 Å². The Bertz CT molecular complexity index is 991. The second-order valence-corrected chi connectivity index (χ2v) is 8.23. The summed E-state index contributed by atoms with van der Waals surface area (Å²) in [6.07, 6.45) is 0. The second kappa shape index (κ2) is 9.15. The van der Waals surface area contributed by atoms with E-state index in [-0.39, 0.29) is 11.4 Å². The average molecular weight is 402 g/mol. The molecule has 0 spiro atoms. The third kappa shape index (κ3) is 5.65. The van der Waals surface area contributed by atoms with Crippen molar-refractivity contribution >= 4 is 21.6 Å². The molecule has 3 aromatic carbocycles. The van der Waals surface area contributed by atoms with Gasteiger partial charge in [0, 0.05) is 11.6 Å². The summed E-state index contributed by atoms with van der Waals surface area (Å²) in [5, 5.41) is 0.382. The molecule has 0 saturated heterocycles. The Kier molecular flexibility index (Phi) is 6.63. The van der Waals surface area contributed by atoms with Crippen molar-refractivity contribution in [3.05, 3.63) is 101 Å². The van der Waals surface area contributed by atoms with Crippen LogP contribution in [0.2, 0.25) is 5.02 Å². The smallest absolute Gasteiger partial charge is 0.240 e. The first-order chi connectivity index (χ1) is 13.0. The fourth-order valence-corrected chi connectivity index (χ4v) is 3.92. The van der Waals surface area contributed by atoms with E-state index in [2.05, 4.69) is 4.72 Å². The van der Waals surface area contributed by atoms with Crippen LogP contribution < -0.4 is 4.72 Å². The summed E-state index contributed by atoms with van der Waals surface area (Å²) in [6.45, 7) is 1.09. The quantitative estimate of drug-likeness (QED) is 0.603. The first-order valence-corrected chi connectivity index (χ1v) is 10.3. The fourth-order valence-electron chi connectivity index (χ4n) is 2.61. The van der Waals surface area contributed by atoms with Gasteiger partial charge >= 0.3 is 0 Å². The molecule has 0 atom stereocenters. The van der Waals surface area contributed by atoms with Gasteiger partial charge in [0.05, 0.1) is 18.1 Å². The normalized spacial score (nSPS) is 11.4. The SMILES string of the molecule is O=S(=O)(NCc1ccccc1COCc1ccccc1)c1cccc(Cl)c1. The average Bonchev–Trinajstić information content (AvgIpc) is 2.68. The molecule has 0 radical (unpaired) electrons. The highest BCUT2D eigenvalue weighted by Crippen LogP contribution is 2.17. The van der Waals surface area contributed by atoms with Crippen LogP contribution in [0, 0.1) is 0 Å². The van der Waals surface area contributed by atoms with Gasteiger partial charge in [-0.2, -0.15) is 0 Å². The fraction of sp³-hybridized carbons (Fsp3) is 0.143. The van der Waals surface area contributed by atoms with E-state index in [0.29, 0.717) is 18.2 Å². The van der Waals surface area contributed by atoms with E-state index >= 15 is 0 Å². The van der Waals surface area contributed by atoms with Crippen LogP contribution in [0.3, 0.4) is 0 Å². The van der Waals surface area contributed by atoms with Gasteiger partial charge in [-0.15, -0.1) is 0 Å². The van der Waals surface area contributed by atoms with Gasteiger partial charge in [0.2, 0.25) is 10.0 Å². The van der Waals surface area contributed by atoms with Crippen LogP contribution in [0.15, 0.2) is 83.8 Å². The predicted octanol–water partition coefficient (Wildman–Crippen LogP) is 4.54. The molecule has 0 saturated carbocycles. The minimum Gasteiger partial charge on any atom is -0.372 e. The van der Waals surface area contributed by atoms with Crippen LogP contribution in [0.25, 0.3) is 0 Å². The highest BCUT2D eigenvalue weighted by molar-refractivity contribution is 7.89. The Balaban J connectivity index is 1.63. The summed E-state index contributed by atoms with van der Waals surface area (Å²) in [4.78, 5) is 0.146. The summed E-state index contributed by atoms with van der Waals surface area (Å²) in [7, 11) is -3.64. The Morgan fingerprint density at radius 2 is 1.52 bits per heavy atom. The summed E-state index contributed by atoms with van der Waals surface area (Å²) in [6, 6.07) is 23.7. The number of halogens is 1. The molecule has 0 bridgehead atoms. The number of ether oxygens (including phenoxy) is 1. The number of benzene rings is 3. The van der Waals surface area contributed by atoms with Crippen LogP contribution in [0.4, 0.5) is 0 Å². The molecule has 0 aliphatic heterocycles. The highest BCUT2D eigenvalue weighted by Gasteiger charge is 2.14. The zero-order valence-corrected chi connectivity index (χ0v) is 16.2. The number of hydrogen-bond donors (Lipinski definition) is 1. The minimum atomic E-state index is -3.64. The van der Waals surface area contributed by atoms with Crippen molar-refractivity contribution < 1.29 is 13.2 Å². The molecule has 0 unspecified atom stereocenters. The molecular formula is C21H20ClNO3S. The summed E-state index contributed by atoms with van der Waals surface area (Å²) < 4.78 is 33.3. The van der Waals surface area contributed by atoms with Gasteiger partial charge in [-0.05, 0) is 34.9 Å². The van der Waals surface area contributed by atoms with Gasteiger partial charge in [0.25, 0.3) is 0 Å². The lowest BCUT2D eigenvalue weighted by molar-refractivity contribution is 0.106. The van der Waals surface area contributed by atoms with E-state index in [9.17, 15) is 8.42 Å². The molecular weight excluding hydrogens is 382 g/mol. The Hall–Kier alpha value is -2.18. The van der Waals surface area contributed by atoms with E-state index in [0.717, 1.165) is 16.7 Å². The van der Waals surface area contributed by atoms with Crippen molar-refractivity contribution in [2.45, 2.75) is 24.7 Å². The molecule has 0 aliphatic rings. The highest BCUT2D eigenvalue weighted by atomic mass is 35.5. The molecule has 4 nitrogen and oxygen atoms in total. The van der Waals surface area contributed by atoms with Crippen LogP contribution in [-0.2, 0) is 34.5 Å². The number of rotatable bonds is 8. The number of nitrogens with one attached hydrogen (secondary N) is 1. The molecule has 27 heavy (non-hydrogen) atoms. The zero-order chi connectivity index (χ0) is 19.1. The third-order valence-corrected chi connectivity index (χ3v) is 5.68. The largest absolute Gasteiger partial charge is 0.372 e. The Labute approximate surface area is 164 Å². The maximum absolute atomic E-state index is 12.5. The molecule has 3 aromatic rings. The molecule has 0 amide bonds. The van der Waals surface area contributed by atoms with E-state index in [1.54, 1.807) is 12.1 Å². The van der Waals surface area contributed by atoms with Gasteiger partial charge < -0.3 is 4.74 Å². The predicted molar refractivity (Wildman–Crippen MR) is 107 cm³/mol. The third-order valence-electron chi connectivity index (χ3n) is 4.05. The summed E-state index contributed by atoms with van der Waals surface area (Å²) in [5.41, 5.74) is 2.91. The topological polar surface area (TPSA) is 55.4 Å². The maximum Gasteiger partial charge on any atom is 0.240 e. The molecule has 0 heterocycles. The standard InChI is InChI=1S/C21H20ClNO3S/c22-20-11-6-12-21(13-20)27(24,25)23-14-18-9-4-5-10-19(18)16-26-15-17-7-2-1-3-8-17/h1-13,23H,14-16H2. The van der Waals surface area contributed by atoms with Crippen LogP contribution in [-0.4, -0.2) is 8.42 Å². The van der Waals surface area contributed by atoms with Crippen molar-refractivity contribution in [2.24, 2.45) is 0 Å². The van der Waals surface area contributed by atoms with E-state index in [1.807, 2.05) is 54.6 Å². The maximum atomic E-state index is 12.5. The zero-order valence-electron chi connectivity index (χ0n) is 14.6. The number of sulfonamides is 1. The molecule has 0 aromatic heterocycles. The second-order valence-electron chi connectivity index (χ2n) is 6.03. The monoisotopic (exact) mass is 401 g/mol. The summed E-state index contributed by atoms with van der Waals surface area (Å²) >= 11 is 5.89. The van der Waals surface area contributed by atoms with Crippen molar-refractivity contribution in [1.82, 2.24) is 4.72 Å². The molecule has 3 rings (SSSR count). The van der Waals surface area contributed by atoms with Gasteiger partial charge in [-0.1, -0.05) is 72.3 Å². The molecule has 0 aliphatic carbocycles. The van der Waals surface area contributed by atoms with Crippen molar-refractivity contribution in [3.63, 3.8) is 0 Å². The first kappa shape index (κ1) is 19.6. The van der Waals surface area contributed by atoms with E-state index in [1.165, 1.54) is 12.1 Å². The molecule has 0 fully saturated rings. The molecule has 6 heteroatoms. The van der Waals surface area contributed by atoms with Gasteiger partial charge in [-0.3, -0.25) is 0 Å². The van der Waals surface area contributed by atoms with E-state index < -0.39 is 10.0 Å². The lowest BCUT2D eigenvalue weighted by Crippen LogP contribution is -2.23. The van der Waals surface area contributed by atoms with Gasteiger partial charge in [-0.25, -0.2) is 13.1 Å². The Morgan fingerprint density at radius 3 is 2.26 bits per heavy atom. The molecule has 1 N–H and O–H groups in total. The van der Waals surface area contributed by atoms with Crippen LogP contribution >= 0.6 is 11.6 Å². The van der Waals surface area contributed by atoms with Gasteiger partial charge in [0.15, 0.2) is 0 Å². The Morgan fingerprint density at radius 1 is 0.815 bits per heavy atom. The van der Waals surface area contributed by atoms with Crippen LogP contribution in [0.1, 0.15) is 16.7 Å². The van der Waals surface area contributed by atoms with Crippen molar-refractivity contribution in [1.29, 1.82) is 0 Å². The van der Waals surface area contributed by atoms with Crippen molar-refractivity contribution in [3.8, 4) is 0 Å². The van der Waals surface area contributed by atoms with Gasteiger partial charge in [0.1, 0.15) is 0 Å². The first-order valence-electron chi connectivity index (χ1n) is 8.48.